The quantitative estimate of drug-likeness (QED) is 0.128. The first-order chi connectivity index (χ1) is 23.1. The third-order valence-electron chi connectivity index (χ3n) is 6.37. The van der Waals surface area contributed by atoms with Crippen LogP contribution in [0.1, 0.15) is 22.3 Å². The zero-order chi connectivity index (χ0) is 34.2. The molecule has 2 aromatic carbocycles. The topological polar surface area (TPSA) is 51.6 Å². The molecule has 0 aliphatic carbocycles. The monoisotopic (exact) mass is 960 g/mol. The Kier molecular flexibility index (Phi) is 13.1. The van der Waals surface area contributed by atoms with Crippen molar-refractivity contribution >= 4 is 110 Å². The van der Waals surface area contributed by atoms with Gasteiger partial charge in [0.15, 0.2) is 0 Å². The summed E-state index contributed by atoms with van der Waals surface area (Å²) in [7, 11) is 0. The summed E-state index contributed by atoms with van der Waals surface area (Å²) in [6.07, 6.45) is 6.58. The van der Waals surface area contributed by atoms with Gasteiger partial charge in [-0.1, -0.05) is 106 Å². The Morgan fingerprint density at radius 3 is 1.17 bits per heavy atom. The van der Waals surface area contributed by atoms with Gasteiger partial charge in [-0.3, -0.25) is 0 Å². The third kappa shape index (κ3) is 9.27. The van der Waals surface area contributed by atoms with Gasteiger partial charge in [-0.05, 0) is 100 Å². The van der Waals surface area contributed by atoms with E-state index in [1.807, 2.05) is 60.7 Å². The third-order valence-corrected chi connectivity index (χ3v) is 9.82. The van der Waals surface area contributed by atoms with Crippen LogP contribution in [0.15, 0.2) is 115 Å². The van der Waals surface area contributed by atoms with Crippen molar-refractivity contribution in [2.24, 2.45) is 0 Å². The van der Waals surface area contributed by atoms with Gasteiger partial charge >= 0.3 is 0 Å². The number of benzene rings is 2. The van der Waals surface area contributed by atoms with Gasteiger partial charge < -0.3 is 0 Å². The molecule has 0 aliphatic rings. The lowest BCUT2D eigenvalue weighted by Gasteiger charge is -2.11. The predicted octanol–water partition coefficient (Wildman–Crippen LogP) is 12.8. The second-order valence-electron chi connectivity index (χ2n) is 9.50. The molecular weight excluding hydrogens is 950 g/mol. The van der Waals surface area contributed by atoms with Crippen LogP contribution in [0, 0.1) is 23.7 Å². The molecule has 0 amide bonds. The standard InChI is InChI=1S/2C18H8Br2Cl2N2/c2*19-14-9-23-16(21)8-13(14)17-12(18(22)24-10-15(17)20)7-6-11-4-2-1-3-5-11/h2*1-5,8-10H. The highest BCUT2D eigenvalue weighted by Crippen LogP contribution is 2.40. The van der Waals surface area contributed by atoms with Crippen molar-refractivity contribution in [1.82, 2.24) is 19.9 Å². The molecule has 0 saturated carbocycles. The molecule has 12 heteroatoms. The Hall–Kier alpha value is -2.76. The van der Waals surface area contributed by atoms with Gasteiger partial charge in [0, 0.05) is 76.1 Å². The lowest BCUT2D eigenvalue weighted by Crippen LogP contribution is -1.93. The molecule has 6 aromatic rings. The van der Waals surface area contributed by atoms with Crippen LogP contribution in [-0.4, -0.2) is 19.9 Å². The van der Waals surface area contributed by atoms with Gasteiger partial charge in [-0.25, -0.2) is 19.9 Å². The second-order valence-corrected chi connectivity index (χ2v) is 14.4. The maximum absolute atomic E-state index is 6.31. The van der Waals surface area contributed by atoms with Crippen molar-refractivity contribution in [1.29, 1.82) is 0 Å². The van der Waals surface area contributed by atoms with Crippen molar-refractivity contribution in [2.45, 2.75) is 0 Å². The molecule has 236 valence electrons. The lowest BCUT2D eigenvalue weighted by atomic mass is 10.0. The predicted molar refractivity (Wildman–Crippen MR) is 211 cm³/mol. The maximum Gasteiger partial charge on any atom is 0.145 e. The van der Waals surface area contributed by atoms with Gasteiger partial charge in [-0.2, -0.15) is 0 Å². The number of hydrogen-bond acceptors (Lipinski definition) is 4. The molecule has 4 heterocycles. The molecule has 0 fully saturated rings. The first-order valence-corrected chi connectivity index (χ1v) is 18.3. The Morgan fingerprint density at radius 2 is 0.792 bits per heavy atom. The molecule has 0 radical (unpaired) electrons. The van der Waals surface area contributed by atoms with Gasteiger partial charge in [-0.15, -0.1) is 0 Å². The van der Waals surface area contributed by atoms with Crippen molar-refractivity contribution in [3.05, 3.63) is 158 Å². The fourth-order valence-corrected chi connectivity index (χ4v) is 6.76. The summed E-state index contributed by atoms with van der Waals surface area (Å²) in [6, 6.07) is 22.9. The Bertz CT molecular complexity index is 2090. The van der Waals surface area contributed by atoms with E-state index in [4.69, 9.17) is 46.4 Å². The zero-order valence-electron chi connectivity index (χ0n) is 24.1. The molecule has 0 spiro atoms. The van der Waals surface area contributed by atoms with Gasteiger partial charge in [0.1, 0.15) is 20.6 Å². The lowest BCUT2D eigenvalue weighted by molar-refractivity contribution is 1.27. The molecule has 4 nitrogen and oxygen atoms in total. The van der Waals surface area contributed by atoms with E-state index in [1.165, 1.54) is 0 Å². The molecule has 0 saturated heterocycles. The second kappa shape index (κ2) is 17.3. The SMILES string of the molecule is Clc1cc(-c2c(Br)cnc(Cl)c2C#Cc2ccccc2)c(Br)cn1.Clc1cc(-c2c(Br)cnc(Cl)c2C#Cc2ccccc2)c(Br)cn1. The van der Waals surface area contributed by atoms with Gasteiger partial charge in [0.2, 0.25) is 0 Å². The fraction of sp³-hybridized carbons (Fsp3) is 0. The van der Waals surface area contributed by atoms with Crippen molar-refractivity contribution in [2.75, 3.05) is 0 Å². The molecule has 48 heavy (non-hydrogen) atoms. The Balaban J connectivity index is 0.000000188. The summed E-state index contributed by atoms with van der Waals surface area (Å²) in [5.41, 5.74) is 6.34. The van der Waals surface area contributed by atoms with E-state index in [2.05, 4.69) is 107 Å². The van der Waals surface area contributed by atoms with Gasteiger partial charge in [0.25, 0.3) is 0 Å². The minimum atomic E-state index is 0.330. The van der Waals surface area contributed by atoms with Crippen LogP contribution in [-0.2, 0) is 0 Å². The molecule has 0 N–H and O–H groups in total. The van der Waals surface area contributed by atoms with E-state index in [0.717, 1.165) is 51.3 Å². The first-order valence-electron chi connectivity index (χ1n) is 13.6. The number of aromatic nitrogens is 4. The average Bonchev–Trinajstić information content (AvgIpc) is 3.09. The summed E-state index contributed by atoms with van der Waals surface area (Å²) in [4.78, 5) is 16.5. The van der Waals surface area contributed by atoms with Crippen molar-refractivity contribution in [3.8, 4) is 45.9 Å². The molecule has 0 aliphatic heterocycles. The van der Waals surface area contributed by atoms with Crippen LogP contribution < -0.4 is 0 Å². The molecular formula is C36H16Br4Cl4N4. The summed E-state index contributed by atoms with van der Waals surface area (Å²) < 4.78 is 3.12. The van der Waals surface area contributed by atoms with E-state index in [9.17, 15) is 0 Å². The number of rotatable bonds is 2. The largest absolute Gasteiger partial charge is 0.243 e. The van der Waals surface area contributed by atoms with Crippen LogP contribution in [0.2, 0.25) is 20.6 Å². The Morgan fingerprint density at radius 1 is 0.438 bits per heavy atom. The molecule has 4 aromatic heterocycles. The first kappa shape index (κ1) is 36.5. The minimum absolute atomic E-state index is 0.330. The minimum Gasteiger partial charge on any atom is -0.243 e. The average molecular weight is 966 g/mol. The van der Waals surface area contributed by atoms with E-state index in [1.54, 1.807) is 36.9 Å². The Labute approximate surface area is 331 Å². The fourth-order valence-electron chi connectivity index (χ4n) is 4.21. The normalized spacial score (nSPS) is 10.2. The van der Waals surface area contributed by atoms with E-state index in [-0.39, 0.29) is 0 Å². The maximum atomic E-state index is 6.31. The van der Waals surface area contributed by atoms with E-state index >= 15 is 0 Å². The molecule has 0 atom stereocenters. The number of nitrogens with zero attached hydrogens (tertiary/aromatic N) is 4. The van der Waals surface area contributed by atoms with Crippen LogP contribution in [0.3, 0.4) is 0 Å². The molecule has 0 bridgehead atoms. The number of hydrogen-bond donors (Lipinski definition) is 0. The van der Waals surface area contributed by atoms with Crippen LogP contribution >= 0.6 is 110 Å². The molecule has 0 unspecified atom stereocenters. The van der Waals surface area contributed by atoms with E-state index < -0.39 is 0 Å². The summed E-state index contributed by atoms with van der Waals surface area (Å²) in [6.45, 7) is 0. The van der Waals surface area contributed by atoms with Crippen molar-refractivity contribution in [3.63, 3.8) is 0 Å². The zero-order valence-corrected chi connectivity index (χ0v) is 33.4. The van der Waals surface area contributed by atoms with Crippen LogP contribution in [0.5, 0.6) is 0 Å². The van der Waals surface area contributed by atoms with Crippen molar-refractivity contribution < 1.29 is 0 Å². The van der Waals surface area contributed by atoms with Crippen LogP contribution in [0.4, 0.5) is 0 Å². The summed E-state index contributed by atoms with van der Waals surface area (Å²) in [5, 5.41) is 1.43. The summed E-state index contributed by atoms with van der Waals surface area (Å²) in [5.74, 6) is 12.5. The van der Waals surface area contributed by atoms with E-state index in [0.29, 0.717) is 31.7 Å². The highest BCUT2D eigenvalue weighted by atomic mass is 79.9. The highest BCUT2D eigenvalue weighted by molar-refractivity contribution is 9.11. The van der Waals surface area contributed by atoms with Crippen LogP contribution in [0.25, 0.3) is 22.3 Å². The number of pyridine rings is 4. The van der Waals surface area contributed by atoms with Gasteiger partial charge in [0.05, 0.1) is 11.1 Å². The smallest absolute Gasteiger partial charge is 0.145 e. The summed E-state index contributed by atoms with van der Waals surface area (Å²) >= 11 is 38.8. The number of halogens is 8. The molecule has 6 rings (SSSR count). The highest BCUT2D eigenvalue weighted by Gasteiger charge is 2.18.